The molecule has 0 saturated carbocycles. The second kappa shape index (κ2) is 7.27. The van der Waals surface area contributed by atoms with E-state index in [4.69, 9.17) is 33.8 Å². The van der Waals surface area contributed by atoms with Crippen molar-refractivity contribution < 1.29 is 4.74 Å². The Balaban J connectivity index is 2.38. The van der Waals surface area contributed by atoms with Gasteiger partial charge in [0.25, 0.3) is 0 Å². The van der Waals surface area contributed by atoms with Gasteiger partial charge in [-0.3, -0.25) is 16.2 Å². The predicted molar refractivity (Wildman–Crippen MR) is 87.6 cm³/mol. The van der Waals surface area contributed by atoms with Crippen molar-refractivity contribution in [3.05, 3.63) is 33.8 Å². The molecular weight excluding hydrogens is 309 g/mol. The molecule has 2 atom stereocenters. The smallest absolute Gasteiger partial charge is 0.0656 e. The molecule has 3 N–H and O–H groups in total. The molecule has 1 aromatic carbocycles. The van der Waals surface area contributed by atoms with Crippen LogP contribution in [0.1, 0.15) is 31.9 Å². The lowest BCUT2D eigenvalue weighted by atomic mass is 9.83. The van der Waals surface area contributed by atoms with Crippen molar-refractivity contribution in [2.45, 2.75) is 31.8 Å². The summed E-state index contributed by atoms with van der Waals surface area (Å²) in [6, 6.07) is 5.40. The van der Waals surface area contributed by atoms with Crippen LogP contribution in [-0.4, -0.2) is 36.7 Å². The van der Waals surface area contributed by atoms with Gasteiger partial charge in [-0.15, -0.1) is 0 Å². The van der Waals surface area contributed by atoms with E-state index >= 15 is 0 Å². The highest BCUT2D eigenvalue weighted by Gasteiger charge is 2.40. The third-order valence-electron chi connectivity index (χ3n) is 4.51. The molecule has 21 heavy (non-hydrogen) atoms. The van der Waals surface area contributed by atoms with Crippen molar-refractivity contribution in [2.24, 2.45) is 5.84 Å². The van der Waals surface area contributed by atoms with Gasteiger partial charge in [0.2, 0.25) is 0 Å². The molecule has 0 bridgehead atoms. The maximum absolute atomic E-state index is 6.37. The third kappa shape index (κ3) is 3.52. The quantitative estimate of drug-likeness (QED) is 0.643. The van der Waals surface area contributed by atoms with Crippen molar-refractivity contribution in [3.63, 3.8) is 0 Å². The number of halogens is 2. The van der Waals surface area contributed by atoms with E-state index in [0.29, 0.717) is 10.0 Å². The molecule has 1 aromatic rings. The average molecular weight is 332 g/mol. The number of hydrogen-bond acceptors (Lipinski definition) is 4. The summed E-state index contributed by atoms with van der Waals surface area (Å²) < 4.78 is 5.46. The summed E-state index contributed by atoms with van der Waals surface area (Å²) in [5, 5.41) is 1.34. The second-order valence-corrected chi connectivity index (χ2v) is 6.42. The minimum atomic E-state index is -0.160. The molecule has 1 saturated heterocycles. The maximum atomic E-state index is 6.37. The van der Waals surface area contributed by atoms with E-state index in [2.05, 4.69) is 24.2 Å². The molecule has 0 radical (unpaired) electrons. The molecule has 0 amide bonds. The highest BCUT2D eigenvalue weighted by molar-refractivity contribution is 6.33. The van der Waals surface area contributed by atoms with Crippen molar-refractivity contribution in [1.29, 1.82) is 0 Å². The van der Waals surface area contributed by atoms with Crippen LogP contribution in [-0.2, 0) is 4.74 Å². The SMILES string of the molecule is CCC(C)(C(NN)c1cc(Cl)ccc1Cl)N1CCOCC1. The zero-order valence-electron chi connectivity index (χ0n) is 12.5. The van der Waals surface area contributed by atoms with Gasteiger partial charge in [-0.25, -0.2) is 0 Å². The van der Waals surface area contributed by atoms with Crippen LogP contribution in [0.4, 0.5) is 0 Å². The van der Waals surface area contributed by atoms with E-state index < -0.39 is 0 Å². The van der Waals surface area contributed by atoms with E-state index in [1.165, 1.54) is 0 Å². The monoisotopic (exact) mass is 331 g/mol. The lowest BCUT2D eigenvalue weighted by Crippen LogP contribution is -2.58. The van der Waals surface area contributed by atoms with Gasteiger partial charge in [-0.2, -0.15) is 0 Å². The summed E-state index contributed by atoms with van der Waals surface area (Å²) in [5.41, 5.74) is 3.72. The molecule has 1 aliphatic heterocycles. The Labute approximate surface area is 136 Å². The lowest BCUT2D eigenvalue weighted by molar-refractivity contribution is -0.0329. The number of hydrogen-bond donors (Lipinski definition) is 2. The van der Waals surface area contributed by atoms with Crippen LogP contribution in [0.5, 0.6) is 0 Å². The van der Waals surface area contributed by atoms with Gasteiger partial charge < -0.3 is 4.74 Å². The number of nitrogens with zero attached hydrogens (tertiary/aromatic N) is 1. The fraction of sp³-hybridized carbons (Fsp3) is 0.600. The van der Waals surface area contributed by atoms with Gasteiger partial charge >= 0.3 is 0 Å². The fourth-order valence-electron chi connectivity index (χ4n) is 3.02. The predicted octanol–water partition coefficient (Wildman–Crippen LogP) is 3.00. The van der Waals surface area contributed by atoms with Crippen molar-refractivity contribution >= 4 is 23.2 Å². The Morgan fingerprint density at radius 2 is 2.05 bits per heavy atom. The van der Waals surface area contributed by atoms with Gasteiger partial charge in [-0.1, -0.05) is 30.1 Å². The molecule has 2 unspecified atom stereocenters. The minimum Gasteiger partial charge on any atom is -0.379 e. The number of morpholine rings is 1. The molecule has 4 nitrogen and oxygen atoms in total. The van der Waals surface area contributed by atoms with Gasteiger partial charge in [0, 0.05) is 28.7 Å². The summed E-state index contributed by atoms with van der Waals surface area (Å²) in [7, 11) is 0. The largest absolute Gasteiger partial charge is 0.379 e. The van der Waals surface area contributed by atoms with E-state index in [1.807, 2.05) is 12.1 Å². The second-order valence-electron chi connectivity index (χ2n) is 5.58. The topological polar surface area (TPSA) is 50.5 Å². The Morgan fingerprint density at radius 1 is 1.38 bits per heavy atom. The van der Waals surface area contributed by atoms with Gasteiger partial charge in [0.05, 0.1) is 19.3 Å². The number of benzene rings is 1. The summed E-state index contributed by atoms with van der Waals surface area (Å²) in [6.07, 6.45) is 0.935. The fourth-order valence-corrected chi connectivity index (χ4v) is 3.43. The number of hydrazine groups is 1. The molecule has 0 aliphatic carbocycles. The minimum absolute atomic E-state index is 0.105. The molecule has 0 aromatic heterocycles. The van der Waals surface area contributed by atoms with Gasteiger partial charge in [0.1, 0.15) is 0 Å². The van der Waals surface area contributed by atoms with E-state index in [1.54, 1.807) is 6.07 Å². The van der Waals surface area contributed by atoms with Crippen LogP contribution < -0.4 is 11.3 Å². The van der Waals surface area contributed by atoms with E-state index in [9.17, 15) is 0 Å². The van der Waals surface area contributed by atoms with Crippen molar-refractivity contribution in [2.75, 3.05) is 26.3 Å². The first-order valence-electron chi connectivity index (χ1n) is 7.26. The van der Waals surface area contributed by atoms with Crippen LogP contribution in [0.3, 0.4) is 0 Å². The summed E-state index contributed by atoms with van der Waals surface area (Å²) in [6.45, 7) is 7.64. The van der Waals surface area contributed by atoms with Crippen LogP contribution in [0.2, 0.25) is 10.0 Å². The molecule has 6 heteroatoms. The normalized spacial score (nSPS) is 21.0. The summed E-state index contributed by atoms with van der Waals surface area (Å²) >= 11 is 12.5. The zero-order chi connectivity index (χ0) is 15.5. The molecular formula is C15H23Cl2N3O. The number of nitrogens with one attached hydrogen (secondary N) is 1. The van der Waals surface area contributed by atoms with Gasteiger partial charge in [0.15, 0.2) is 0 Å². The third-order valence-corrected chi connectivity index (χ3v) is 5.09. The first kappa shape index (κ1) is 17.0. The number of rotatable bonds is 5. The summed E-state index contributed by atoms with van der Waals surface area (Å²) in [5.74, 6) is 5.88. The number of nitrogens with two attached hydrogens (primary N) is 1. The first-order chi connectivity index (χ1) is 10.0. The number of ether oxygens (including phenoxy) is 1. The summed E-state index contributed by atoms with van der Waals surface area (Å²) in [4.78, 5) is 2.41. The van der Waals surface area contributed by atoms with Crippen LogP contribution >= 0.6 is 23.2 Å². The lowest BCUT2D eigenvalue weighted by Gasteiger charge is -2.47. The Kier molecular flexibility index (Phi) is 5.88. The molecule has 2 rings (SSSR count). The van der Waals surface area contributed by atoms with Crippen molar-refractivity contribution in [3.8, 4) is 0 Å². The van der Waals surface area contributed by atoms with Crippen LogP contribution in [0, 0.1) is 0 Å². The standard InChI is InChI=1S/C15H23Cl2N3O/c1-3-15(2,20-6-8-21-9-7-20)14(19-18)12-10-11(16)4-5-13(12)17/h4-5,10,14,19H,3,6-9,18H2,1-2H3. The Morgan fingerprint density at radius 3 is 2.62 bits per heavy atom. The first-order valence-corrected chi connectivity index (χ1v) is 8.02. The molecule has 118 valence electrons. The van der Waals surface area contributed by atoms with Crippen molar-refractivity contribution in [1.82, 2.24) is 10.3 Å². The highest BCUT2D eigenvalue weighted by Crippen LogP contribution is 2.38. The maximum Gasteiger partial charge on any atom is 0.0656 e. The Bertz CT molecular complexity index is 480. The molecule has 1 fully saturated rings. The van der Waals surface area contributed by atoms with E-state index in [-0.39, 0.29) is 11.6 Å². The average Bonchev–Trinajstić information content (AvgIpc) is 2.52. The molecule has 1 heterocycles. The Hall–Kier alpha value is -0.360. The van der Waals surface area contributed by atoms with Gasteiger partial charge in [-0.05, 0) is 37.1 Å². The molecule has 0 spiro atoms. The van der Waals surface area contributed by atoms with Crippen LogP contribution in [0.15, 0.2) is 18.2 Å². The molecule has 1 aliphatic rings. The highest BCUT2D eigenvalue weighted by atomic mass is 35.5. The zero-order valence-corrected chi connectivity index (χ0v) is 14.0. The van der Waals surface area contributed by atoms with E-state index in [0.717, 1.165) is 38.3 Å². The van der Waals surface area contributed by atoms with Crippen LogP contribution in [0.25, 0.3) is 0 Å².